The molecule has 3 amide bonds. The van der Waals surface area contributed by atoms with Crippen LogP contribution in [0.15, 0.2) is 35.4 Å². The molecule has 1 fully saturated rings. The fourth-order valence-electron chi connectivity index (χ4n) is 3.51. The molecule has 1 atom stereocenters. The molecule has 0 spiro atoms. The average Bonchev–Trinajstić information content (AvgIpc) is 3.20. The summed E-state index contributed by atoms with van der Waals surface area (Å²) in [5.41, 5.74) is 1.11. The van der Waals surface area contributed by atoms with Crippen molar-refractivity contribution in [1.29, 1.82) is 0 Å². The lowest BCUT2D eigenvalue weighted by molar-refractivity contribution is -0.303. The van der Waals surface area contributed by atoms with Crippen LogP contribution in [0.25, 0.3) is 11.0 Å². The van der Waals surface area contributed by atoms with Gasteiger partial charge in [-0.25, -0.2) is 4.98 Å². The summed E-state index contributed by atoms with van der Waals surface area (Å²) in [5.74, 6) is -0.537. The fourth-order valence-corrected chi connectivity index (χ4v) is 4.31. The van der Waals surface area contributed by atoms with E-state index in [2.05, 4.69) is 32.8 Å². The summed E-state index contributed by atoms with van der Waals surface area (Å²) in [7, 11) is 0. The summed E-state index contributed by atoms with van der Waals surface area (Å²) >= 11 is 1.77. The molecule has 1 saturated heterocycles. The third-order valence-electron chi connectivity index (χ3n) is 5.44. The van der Waals surface area contributed by atoms with Gasteiger partial charge in [-0.05, 0) is 44.2 Å². The number of ether oxygens (including phenoxy) is 2. The van der Waals surface area contributed by atoms with Gasteiger partial charge in [-0.1, -0.05) is 20.8 Å². The van der Waals surface area contributed by atoms with Gasteiger partial charge in [0.2, 0.25) is 17.8 Å². The van der Waals surface area contributed by atoms with Gasteiger partial charge in [0.1, 0.15) is 6.10 Å². The fraction of sp³-hybridized carbons (Fsp3) is 0.520. The van der Waals surface area contributed by atoms with E-state index in [0.29, 0.717) is 12.6 Å². The number of rotatable bonds is 10. The van der Waals surface area contributed by atoms with Crippen LogP contribution >= 0.6 is 11.8 Å². The summed E-state index contributed by atoms with van der Waals surface area (Å²) in [6.45, 7) is 9.89. The molecule has 1 aromatic heterocycles. The van der Waals surface area contributed by atoms with E-state index in [4.69, 9.17) is 9.47 Å². The number of amides is 3. The van der Waals surface area contributed by atoms with E-state index in [0.717, 1.165) is 28.1 Å². The first kappa shape index (κ1) is 27.7. The van der Waals surface area contributed by atoms with E-state index in [1.54, 1.807) is 25.6 Å². The van der Waals surface area contributed by atoms with Crippen LogP contribution in [0.4, 0.5) is 5.95 Å². The molecule has 2 heterocycles. The van der Waals surface area contributed by atoms with Crippen molar-refractivity contribution in [2.45, 2.75) is 64.2 Å². The van der Waals surface area contributed by atoms with Crippen molar-refractivity contribution in [3.63, 3.8) is 0 Å². The maximum atomic E-state index is 12.6. The Morgan fingerprint density at radius 1 is 1.25 bits per heavy atom. The summed E-state index contributed by atoms with van der Waals surface area (Å²) < 4.78 is 11.4. The summed E-state index contributed by atoms with van der Waals surface area (Å²) in [6, 6.07) is 5.94. The number of anilines is 1. The monoisotopic (exact) mass is 517 g/mol. The first-order chi connectivity index (χ1) is 17.0. The predicted molar refractivity (Wildman–Crippen MR) is 139 cm³/mol. The number of fused-ring (bicyclic) bond motifs is 1. The number of aromatic amines is 1. The molecular weight excluding hydrogens is 482 g/mol. The van der Waals surface area contributed by atoms with Crippen molar-refractivity contribution < 1.29 is 23.9 Å². The van der Waals surface area contributed by atoms with E-state index in [1.807, 2.05) is 32.0 Å². The summed E-state index contributed by atoms with van der Waals surface area (Å²) in [4.78, 5) is 45.5. The van der Waals surface area contributed by atoms with Crippen molar-refractivity contribution >= 4 is 46.5 Å². The van der Waals surface area contributed by atoms with Crippen LogP contribution < -0.4 is 16.0 Å². The lowest BCUT2D eigenvalue weighted by atomic mass is 9.85. The normalized spacial score (nSPS) is 18.8. The van der Waals surface area contributed by atoms with E-state index >= 15 is 0 Å². The Morgan fingerprint density at radius 2 is 2.03 bits per heavy atom. The molecular formula is C25H35N5O5S. The number of nitrogens with one attached hydrogen (secondary N) is 4. The third-order valence-corrected chi connectivity index (χ3v) is 6.64. The number of imidazole rings is 1. The first-order valence-electron chi connectivity index (χ1n) is 12.0. The van der Waals surface area contributed by atoms with E-state index in [1.165, 1.54) is 12.3 Å². The minimum Gasteiger partial charge on any atom is -0.352 e. The topological polar surface area (TPSA) is 134 Å². The van der Waals surface area contributed by atoms with E-state index < -0.39 is 23.2 Å². The molecule has 0 bridgehead atoms. The standard InChI is InChI=1S/C25H35N5O5S/c1-6-13-36-16-7-8-17-18(14-16)29-23(28-17)30-20(32)10-11-26-19(31)9-12-27-22(33)21-24(2,3)15-34-25(4,5)35-21/h7-9,12,14,21H,6,10-11,13,15H2,1-5H3,(H,26,31)(H,27,33)(H2,28,29,30,32)/b12-9+/t21-/m0/s1. The number of thioether (sulfide) groups is 1. The quantitative estimate of drug-likeness (QED) is 0.281. The van der Waals surface area contributed by atoms with Crippen molar-refractivity contribution in [1.82, 2.24) is 20.6 Å². The van der Waals surface area contributed by atoms with Gasteiger partial charge in [0.05, 0.1) is 17.6 Å². The van der Waals surface area contributed by atoms with Crippen molar-refractivity contribution in [2.24, 2.45) is 5.41 Å². The maximum Gasteiger partial charge on any atom is 0.253 e. The number of H-pyrrole nitrogens is 1. The smallest absolute Gasteiger partial charge is 0.253 e. The highest BCUT2D eigenvalue weighted by atomic mass is 32.2. The lowest BCUT2D eigenvalue weighted by Crippen LogP contribution is -2.55. The molecule has 1 aliphatic rings. The molecule has 2 aromatic rings. The Balaban J connectivity index is 1.40. The van der Waals surface area contributed by atoms with Crippen molar-refractivity contribution in [2.75, 3.05) is 24.2 Å². The molecule has 1 aromatic carbocycles. The van der Waals surface area contributed by atoms with Crippen LogP contribution in [0.1, 0.15) is 47.5 Å². The molecule has 1 aliphatic heterocycles. The van der Waals surface area contributed by atoms with Crippen LogP contribution in [0.2, 0.25) is 0 Å². The minimum atomic E-state index is -0.863. The first-order valence-corrected chi connectivity index (χ1v) is 13.0. The van der Waals surface area contributed by atoms with Crippen LogP contribution in [0.3, 0.4) is 0 Å². The highest BCUT2D eigenvalue weighted by Gasteiger charge is 2.45. The van der Waals surface area contributed by atoms with Gasteiger partial charge in [0.25, 0.3) is 5.91 Å². The Bertz CT molecular complexity index is 1130. The lowest BCUT2D eigenvalue weighted by Gasteiger charge is -2.44. The maximum absolute atomic E-state index is 12.6. The molecule has 0 aliphatic carbocycles. The summed E-state index contributed by atoms with van der Waals surface area (Å²) in [5, 5.41) is 7.91. The Labute approximate surface area is 215 Å². The zero-order valence-electron chi connectivity index (χ0n) is 21.4. The number of benzene rings is 1. The largest absolute Gasteiger partial charge is 0.352 e. The van der Waals surface area contributed by atoms with Gasteiger partial charge >= 0.3 is 0 Å². The number of aromatic nitrogens is 2. The molecule has 0 unspecified atom stereocenters. The number of hydrogen-bond acceptors (Lipinski definition) is 7. The average molecular weight is 518 g/mol. The predicted octanol–water partition coefficient (Wildman–Crippen LogP) is 3.32. The van der Waals surface area contributed by atoms with Crippen LogP contribution in [-0.4, -0.2) is 58.5 Å². The third kappa shape index (κ3) is 7.81. The van der Waals surface area contributed by atoms with Gasteiger partial charge in [-0.3, -0.25) is 19.7 Å². The second-order valence-corrected chi connectivity index (χ2v) is 10.9. The molecule has 10 nitrogen and oxygen atoms in total. The van der Waals surface area contributed by atoms with Crippen molar-refractivity contribution in [3.8, 4) is 0 Å². The highest BCUT2D eigenvalue weighted by Crippen LogP contribution is 2.34. The highest BCUT2D eigenvalue weighted by molar-refractivity contribution is 7.99. The number of carbonyl (C=O) groups is 3. The Hall–Kier alpha value is -2.89. The van der Waals surface area contributed by atoms with Crippen LogP contribution in [-0.2, 0) is 23.9 Å². The second kappa shape index (κ2) is 11.9. The second-order valence-electron chi connectivity index (χ2n) is 9.72. The van der Waals surface area contributed by atoms with Gasteiger partial charge in [0.15, 0.2) is 5.79 Å². The van der Waals surface area contributed by atoms with Gasteiger partial charge in [-0.2, -0.15) is 0 Å². The molecule has 0 saturated carbocycles. The molecule has 3 rings (SSSR count). The molecule has 196 valence electrons. The molecule has 0 radical (unpaired) electrons. The van der Waals surface area contributed by atoms with Gasteiger partial charge in [0, 0.05) is 35.6 Å². The Morgan fingerprint density at radius 3 is 2.78 bits per heavy atom. The zero-order chi connectivity index (χ0) is 26.3. The van der Waals surface area contributed by atoms with Gasteiger partial charge < -0.3 is 25.1 Å². The van der Waals surface area contributed by atoms with Crippen LogP contribution in [0, 0.1) is 5.41 Å². The zero-order valence-corrected chi connectivity index (χ0v) is 22.2. The van der Waals surface area contributed by atoms with Crippen molar-refractivity contribution in [3.05, 3.63) is 30.5 Å². The molecule has 36 heavy (non-hydrogen) atoms. The SMILES string of the molecule is CCCSc1ccc2nc(NC(=O)CCNC(=O)/C=C/NC(=O)[C@@H]3OC(C)(C)OCC3(C)C)[nH]c2c1. The summed E-state index contributed by atoms with van der Waals surface area (Å²) in [6.07, 6.45) is 2.90. The molecule has 4 N–H and O–H groups in total. The molecule has 11 heteroatoms. The number of hydrogen-bond donors (Lipinski definition) is 4. The van der Waals surface area contributed by atoms with E-state index in [-0.39, 0.29) is 24.8 Å². The van der Waals surface area contributed by atoms with Crippen LogP contribution in [0.5, 0.6) is 0 Å². The minimum absolute atomic E-state index is 0.0692. The number of nitrogens with zero attached hydrogens (tertiary/aromatic N) is 1. The number of carbonyl (C=O) groups excluding carboxylic acids is 3. The Kier molecular flexibility index (Phi) is 9.15. The van der Waals surface area contributed by atoms with Gasteiger partial charge in [-0.15, -0.1) is 11.8 Å². The van der Waals surface area contributed by atoms with E-state index in [9.17, 15) is 14.4 Å².